The molecule has 0 unspecified atom stereocenters. The highest BCUT2D eigenvalue weighted by atomic mass is 16.1. The lowest BCUT2D eigenvalue weighted by Crippen LogP contribution is -2.34. The molecule has 1 aliphatic rings. The molecule has 0 spiro atoms. The predicted molar refractivity (Wildman–Crippen MR) is 96.8 cm³/mol. The van der Waals surface area contributed by atoms with Crippen molar-refractivity contribution in [2.24, 2.45) is 0 Å². The quantitative estimate of drug-likeness (QED) is 0.782. The van der Waals surface area contributed by atoms with Crippen LogP contribution in [-0.2, 0) is 11.3 Å². The first-order chi connectivity index (χ1) is 12.1. The van der Waals surface area contributed by atoms with Crippen molar-refractivity contribution in [1.29, 1.82) is 0 Å². The summed E-state index contributed by atoms with van der Waals surface area (Å²) in [5.74, 6) is -0.00556. The summed E-state index contributed by atoms with van der Waals surface area (Å²) in [5, 5.41) is 2.94. The van der Waals surface area contributed by atoms with Gasteiger partial charge in [0.2, 0.25) is 5.91 Å². The molecule has 126 valence electrons. The van der Waals surface area contributed by atoms with Crippen molar-refractivity contribution in [2.75, 3.05) is 10.2 Å². The number of nitrogens with zero attached hydrogens (tertiary/aromatic N) is 3. The van der Waals surface area contributed by atoms with Crippen LogP contribution in [0.3, 0.4) is 0 Å². The number of anilines is 2. The molecule has 0 saturated heterocycles. The van der Waals surface area contributed by atoms with Crippen molar-refractivity contribution >= 4 is 22.9 Å². The molecule has 1 aromatic carbocycles. The third kappa shape index (κ3) is 2.87. The Balaban J connectivity index is 1.77. The van der Waals surface area contributed by atoms with Gasteiger partial charge < -0.3 is 10.2 Å². The number of carbonyl (C=O) groups is 1. The summed E-state index contributed by atoms with van der Waals surface area (Å²) in [4.78, 5) is 31.1. The second-order valence-corrected chi connectivity index (χ2v) is 6.26. The van der Waals surface area contributed by atoms with E-state index in [-0.39, 0.29) is 17.5 Å². The summed E-state index contributed by atoms with van der Waals surface area (Å²) in [7, 11) is 0. The average molecular weight is 334 g/mol. The number of benzene rings is 1. The van der Waals surface area contributed by atoms with E-state index in [1.807, 2.05) is 43.3 Å². The molecule has 0 fully saturated rings. The number of carbonyl (C=O) groups excluding carboxylic acids is 1. The van der Waals surface area contributed by atoms with Gasteiger partial charge in [0.15, 0.2) is 0 Å². The van der Waals surface area contributed by atoms with Gasteiger partial charge in [-0.2, -0.15) is 0 Å². The van der Waals surface area contributed by atoms with Gasteiger partial charge in [0.25, 0.3) is 5.56 Å². The number of hydrogen-bond acceptors (Lipinski definition) is 4. The van der Waals surface area contributed by atoms with Gasteiger partial charge in [0, 0.05) is 24.7 Å². The SMILES string of the molecule is C[C@@H]1CC(=O)Nc2ccccc2N1Cc1cc(=O)n2ccccc2n1. The van der Waals surface area contributed by atoms with Crippen LogP contribution in [0.1, 0.15) is 19.0 Å². The molecule has 6 heteroatoms. The fraction of sp³-hybridized carbons (Fsp3) is 0.211. The Morgan fingerprint density at radius 3 is 2.84 bits per heavy atom. The highest BCUT2D eigenvalue weighted by molar-refractivity contribution is 5.96. The summed E-state index contributed by atoms with van der Waals surface area (Å²) < 4.78 is 1.52. The Morgan fingerprint density at radius 1 is 1.16 bits per heavy atom. The molecule has 1 N–H and O–H groups in total. The smallest absolute Gasteiger partial charge is 0.258 e. The van der Waals surface area contributed by atoms with Crippen molar-refractivity contribution in [2.45, 2.75) is 25.9 Å². The molecule has 3 aromatic rings. The van der Waals surface area contributed by atoms with Crippen LogP contribution in [0.5, 0.6) is 0 Å². The molecule has 1 aliphatic heterocycles. The minimum absolute atomic E-state index is 0.000301. The van der Waals surface area contributed by atoms with E-state index >= 15 is 0 Å². The molecule has 25 heavy (non-hydrogen) atoms. The van der Waals surface area contributed by atoms with Crippen molar-refractivity contribution in [3.05, 3.63) is 70.8 Å². The van der Waals surface area contributed by atoms with Gasteiger partial charge in [-0.3, -0.25) is 14.0 Å². The maximum Gasteiger partial charge on any atom is 0.258 e. The molecule has 6 nitrogen and oxygen atoms in total. The monoisotopic (exact) mass is 334 g/mol. The molecular weight excluding hydrogens is 316 g/mol. The standard InChI is InChI=1S/C19H18N4O2/c1-13-10-18(24)21-15-6-2-3-7-16(15)23(13)12-14-11-19(25)22-9-5-4-8-17(22)20-14/h2-9,11,13H,10,12H2,1H3,(H,21,24)/t13-/m1/s1. The van der Waals surface area contributed by atoms with Gasteiger partial charge in [-0.15, -0.1) is 0 Å². The van der Waals surface area contributed by atoms with Crippen LogP contribution in [0.4, 0.5) is 11.4 Å². The van der Waals surface area contributed by atoms with E-state index in [0.717, 1.165) is 11.4 Å². The summed E-state index contributed by atoms with van der Waals surface area (Å²) >= 11 is 0. The predicted octanol–water partition coefficient (Wildman–Crippen LogP) is 2.43. The lowest BCUT2D eigenvalue weighted by atomic mass is 10.1. The fourth-order valence-corrected chi connectivity index (χ4v) is 3.25. The fourth-order valence-electron chi connectivity index (χ4n) is 3.25. The van der Waals surface area contributed by atoms with Crippen LogP contribution in [-0.4, -0.2) is 21.3 Å². The Bertz CT molecular complexity index is 1010. The van der Waals surface area contributed by atoms with Gasteiger partial charge in [0.1, 0.15) is 5.65 Å². The summed E-state index contributed by atoms with van der Waals surface area (Å²) in [5.41, 5.74) is 2.93. The van der Waals surface area contributed by atoms with Gasteiger partial charge in [-0.05, 0) is 31.2 Å². The lowest BCUT2D eigenvalue weighted by Gasteiger charge is -2.29. The zero-order valence-corrected chi connectivity index (χ0v) is 13.8. The number of para-hydroxylation sites is 2. The van der Waals surface area contributed by atoms with E-state index in [1.54, 1.807) is 18.3 Å². The number of pyridine rings is 1. The number of fused-ring (bicyclic) bond motifs is 2. The molecular formula is C19H18N4O2. The maximum atomic E-state index is 12.3. The Morgan fingerprint density at radius 2 is 1.96 bits per heavy atom. The minimum Gasteiger partial charge on any atom is -0.361 e. The van der Waals surface area contributed by atoms with Crippen molar-refractivity contribution < 1.29 is 4.79 Å². The molecule has 1 amide bonds. The van der Waals surface area contributed by atoms with Gasteiger partial charge in [-0.1, -0.05) is 18.2 Å². The second-order valence-electron chi connectivity index (χ2n) is 6.26. The van der Waals surface area contributed by atoms with Crippen molar-refractivity contribution in [3.8, 4) is 0 Å². The molecule has 4 rings (SSSR count). The third-order valence-corrected chi connectivity index (χ3v) is 4.46. The second kappa shape index (κ2) is 6.05. The van der Waals surface area contributed by atoms with E-state index in [1.165, 1.54) is 4.40 Å². The van der Waals surface area contributed by atoms with E-state index in [2.05, 4.69) is 15.2 Å². The summed E-state index contributed by atoms with van der Waals surface area (Å²) in [6.07, 6.45) is 2.10. The molecule has 0 bridgehead atoms. The van der Waals surface area contributed by atoms with Gasteiger partial charge in [-0.25, -0.2) is 4.98 Å². The zero-order chi connectivity index (χ0) is 17.4. The van der Waals surface area contributed by atoms with Crippen LogP contribution < -0.4 is 15.8 Å². The molecule has 1 atom stereocenters. The molecule has 2 aromatic heterocycles. The number of aromatic nitrogens is 2. The molecule has 0 aliphatic carbocycles. The maximum absolute atomic E-state index is 12.3. The topological polar surface area (TPSA) is 66.7 Å². The zero-order valence-electron chi connectivity index (χ0n) is 13.8. The number of rotatable bonds is 2. The van der Waals surface area contributed by atoms with E-state index in [4.69, 9.17) is 0 Å². The first kappa shape index (κ1) is 15.4. The summed E-state index contributed by atoms with van der Waals surface area (Å²) in [6, 6.07) is 14.7. The highest BCUT2D eigenvalue weighted by Gasteiger charge is 2.25. The number of hydrogen-bond donors (Lipinski definition) is 1. The lowest BCUT2D eigenvalue weighted by molar-refractivity contribution is -0.116. The van der Waals surface area contributed by atoms with Crippen LogP contribution >= 0.6 is 0 Å². The molecule has 0 saturated carbocycles. The van der Waals surface area contributed by atoms with Crippen molar-refractivity contribution in [1.82, 2.24) is 9.38 Å². The molecule has 0 radical (unpaired) electrons. The first-order valence-electron chi connectivity index (χ1n) is 8.24. The Kier molecular flexibility index (Phi) is 3.72. The summed E-state index contributed by atoms with van der Waals surface area (Å²) in [6.45, 7) is 2.48. The van der Waals surface area contributed by atoms with E-state index in [9.17, 15) is 9.59 Å². The van der Waals surface area contributed by atoms with Crippen LogP contribution in [0.15, 0.2) is 59.5 Å². The van der Waals surface area contributed by atoms with Crippen molar-refractivity contribution in [3.63, 3.8) is 0 Å². The number of amides is 1. The minimum atomic E-state index is -0.106. The molecule has 3 heterocycles. The highest BCUT2D eigenvalue weighted by Crippen LogP contribution is 2.32. The van der Waals surface area contributed by atoms with E-state index < -0.39 is 0 Å². The van der Waals surface area contributed by atoms with Crippen LogP contribution in [0.25, 0.3) is 5.65 Å². The van der Waals surface area contributed by atoms with Crippen LogP contribution in [0.2, 0.25) is 0 Å². The largest absolute Gasteiger partial charge is 0.361 e. The van der Waals surface area contributed by atoms with E-state index in [0.29, 0.717) is 24.3 Å². The Hall–Kier alpha value is -3.15. The van der Waals surface area contributed by atoms with Gasteiger partial charge in [0.05, 0.1) is 23.6 Å². The average Bonchev–Trinajstić information content (AvgIpc) is 2.71. The van der Waals surface area contributed by atoms with Crippen LogP contribution in [0, 0.1) is 0 Å². The third-order valence-electron chi connectivity index (χ3n) is 4.46. The van der Waals surface area contributed by atoms with Gasteiger partial charge >= 0.3 is 0 Å². The normalized spacial score (nSPS) is 17.1. The number of nitrogens with one attached hydrogen (secondary N) is 1. The first-order valence-corrected chi connectivity index (χ1v) is 8.24. The Labute approximate surface area is 144 Å².